The number of hydrogen-bond donors (Lipinski definition) is 0. The average molecular weight is 244 g/mol. The second kappa shape index (κ2) is 9.60. The first-order valence-electron chi connectivity index (χ1n) is 6.80. The molecule has 1 aromatic rings. The molecule has 0 radical (unpaired) electrons. The topological polar surface area (TPSA) is 15.6 Å². The predicted molar refractivity (Wildman–Crippen MR) is 81.2 cm³/mol. The summed E-state index contributed by atoms with van der Waals surface area (Å²) in [6.07, 6.45) is 7.12. The largest absolute Gasteiger partial charge is 0.304 e. The summed E-state index contributed by atoms with van der Waals surface area (Å²) in [5, 5.41) is 0. The summed E-state index contributed by atoms with van der Waals surface area (Å²) >= 11 is 0. The van der Waals surface area contributed by atoms with Crippen LogP contribution >= 0.6 is 0 Å². The van der Waals surface area contributed by atoms with Crippen molar-refractivity contribution in [3.05, 3.63) is 42.0 Å². The lowest BCUT2D eigenvalue weighted by Gasteiger charge is -2.16. The lowest BCUT2D eigenvalue weighted by atomic mass is 10.2. The van der Waals surface area contributed by atoms with Gasteiger partial charge in [-0.2, -0.15) is 0 Å². The van der Waals surface area contributed by atoms with Crippen molar-refractivity contribution >= 4 is 12.3 Å². The van der Waals surface area contributed by atoms with Crippen molar-refractivity contribution in [2.45, 2.75) is 20.3 Å². The highest BCUT2D eigenvalue weighted by Gasteiger charge is 1.96. The quantitative estimate of drug-likeness (QED) is 0.505. The van der Waals surface area contributed by atoms with Gasteiger partial charge in [0.05, 0.1) is 0 Å². The Balaban J connectivity index is 2.16. The van der Waals surface area contributed by atoms with Gasteiger partial charge in [0.25, 0.3) is 0 Å². The predicted octanol–water partition coefficient (Wildman–Crippen LogP) is 3.50. The van der Waals surface area contributed by atoms with Gasteiger partial charge in [0.2, 0.25) is 0 Å². The monoisotopic (exact) mass is 244 g/mol. The van der Waals surface area contributed by atoms with Crippen molar-refractivity contribution in [3.63, 3.8) is 0 Å². The Bertz CT molecular complexity index is 351. The highest BCUT2D eigenvalue weighted by atomic mass is 15.1. The third-order valence-corrected chi connectivity index (χ3v) is 2.94. The van der Waals surface area contributed by atoms with E-state index < -0.39 is 0 Å². The Morgan fingerprint density at radius 3 is 2.50 bits per heavy atom. The molecule has 0 saturated carbocycles. The first-order valence-corrected chi connectivity index (χ1v) is 6.80. The molecule has 0 aromatic heterocycles. The van der Waals surface area contributed by atoms with E-state index in [9.17, 15) is 0 Å². The molecule has 0 amide bonds. The van der Waals surface area contributed by atoms with Crippen LogP contribution in [0, 0.1) is 0 Å². The van der Waals surface area contributed by atoms with E-state index in [4.69, 9.17) is 0 Å². The van der Waals surface area contributed by atoms with Crippen LogP contribution in [0.5, 0.6) is 0 Å². The molecule has 0 aliphatic carbocycles. The molecule has 0 bridgehead atoms. The van der Waals surface area contributed by atoms with E-state index in [1.807, 2.05) is 30.5 Å². The Morgan fingerprint density at radius 2 is 1.83 bits per heavy atom. The molecular weight excluding hydrogens is 220 g/mol. The van der Waals surface area contributed by atoms with Crippen molar-refractivity contribution < 1.29 is 0 Å². The molecule has 0 saturated heterocycles. The van der Waals surface area contributed by atoms with E-state index in [0.29, 0.717) is 0 Å². The minimum atomic E-state index is 0.912. The zero-order valence-electron chi connectivity index (χ0n) is 11.5. The van der Waals surface area contributed by atoms with Gasteiger partial charge in [-0.1, -0.05) is 50.3 Å². The minimum absolute atomic E-state index is 0.912. The fourth-order valence-corrected chi connectivity index (χ4v) is 1.78. The molecule has 2 heteroatoms. The second-order valence-corrected chi connectivity index (χ2v) is 4.21. The maximum absolute atomic E-state index is 4.39. The fourth-order valence-electron chi connectivity index (χ4n) is 1.78. The lowest BCUT2D eigenvalue weighted by Crippen LogP contribution is -2.24. The van der Waals surface area contributed by atoms with Gasteiger partial charge in [-0.25, -0.2) is 0 Å². The summed E-state index contributed by atoms with van der Waals surface area (Å²) in [4.78, 5) is 6.81. The van der Waals surface area contributed by atoms with Crippen molar-refractivity contribution in [2.75, 3.05) is 26.2 Å². The van der Waals surface area contributed by atoms with Gasteiger partial charge in [-0.15, -0.1) is 0 Å². The number of hydrogen-bond acceptors (Lipinski definition) is 2. The van der Waals surface area contributed by atoms with Gasteiger partial charge in [0.15, 0.2) is 0 Å². The Hall–Kier alpha value is -1.41. The van der Waals surface area contributed by atoms with E-state index in [0.717, 1.165) is 32.6 Å². The van der Waals surface area contributed by atoms with Crippen LogP contribution in [-0.2, 0) is 0 Å². The molecule has 0 N–H and O–H groups in total. The third kappa shape index (κ3) is 6.36. The SMILES string of the molecule is CCN(CC)CCC/N=C/C=C/c1ccccc1. The van der Waals surface area contributed by atoms with Crippen LogP contribution in [0.15, 0.2) is 41.4 Å². The molecule has 0 spiro atoms. The Morgan fingerprint density at radius 1 is 1.11 bits per heavy atom. The van der Waals surface area contributed by atoms with E-state index in [1.54, 1.807) is 0 Å². The normalized spacial score (nSPS) is 11.9. The summed E-state index contributed by atoms with van der Waals surface area (Å²) in [7, 11) is 0. The molecule has 0 unspecified atom stereocenters. The molecule has 2 nitrogen and oxygen atoms in total. The van der Waals surface area contributed by atoms with Crippen molar-refractivity contribution in [2.24, 2.45) is 4.99 Å². The van der Waals surface area contributed by atoms with Gasteiger partial charge in [0.1, 0.15) is 0 Å². The molecule has 0 aliphatic rings. The lowest BCUT2D eigenvalue weighted by molar-refractivity contribution is 0.302. The fraction of sp³-hybridized carbons (Fsp3) is 0.438. The number of aliphatic imine (C=N–C) groups is 1. The minimum Gasteiger partial charge on any atom is -0.304 e. The first-order chi connectivity index (χ1) is 8.86. The highest BCUT2D eigenvalue weighted by Crippen LogP contribution is 1.99. The molecule has 18 heavy (non-hydrogen) atoms. The summed E-state index contributed by atoms with van der Waals surface area (Å²) in [5.74, 6) is 0. The Labute approximate surface area is 111 Å². The first kappa shape index (κ1) is 14.7. The smallest absolute Gasteiger partial charge is 0.0401 e. The molecule has 0 fully saturated rings. The van der Waals surface area contributed by atoms with Crippen LogP contribution in [0.2, 0.25) is 0 Å². The molecule has 1 aromatic carbocycles. The maximum Gasteiger partial charge on any atom is 0.0401 e. The third-order valence-electron chi connectivity index (χ3n) is 2.94. The number of rotatable bonds is 8. The van der Waals surface area contributed by atoms with Gasteiger partial charge < -0.3 is 4.90 Å². The van der Waals surface area contributed by atoms with Crippen LogP contribution in [0.4, 0.5) is 0 Å². The maximum atomic E-state index is 4.39. The van der Waals surface area contributed by atoms with Gasteiger partial charge in [-0.3, -0.25) is 4.99 Å². The van der Waals surface area contributed by atoms with Crippen molar-refractivity contribution in [3.8, 4) is 0 Å². The van der Waals surface area contributed by atoms with Gasteiger partial charge in [0, 0.05) is 12.8 Å². The van der Waals surface area contributed by atoms with Crippen LogP contribution in [-0.4, -0.2) is 37.3 Å². The molecule has 0 aliphatic heterocycles. The van der Waals surface area contributed by atoms with E-state index >= 15 is 0 Å². The van der Waals surface area contributed by atoms with E-state index in [-0.39, 0.29) is 0 Å². The number of allylic oxidation sites excluding steroid dienone is 1. The molecule has 0 atom stereocenters. The molecule has 0 heterocycles. The van der Waals surface area contributed by atoms with Crippen LogP contribution in [0.1, 0.15) is 25.8 Å². The summed E-state index contributed by atoms with van der Waals surface area (Å²) in [6, 6.07) is 10.3. The van der Waals surface area contributed by atoms with Crippen LogP contribution < -0.4 is 0 Å². The van der Waals surface area contributed by atoms with Crippen LogP contribution in [0.3, 0.4) is 0 Å². The van der Waals surface area contributed by atoms with Crippen molar-refractivity contribution in [1.82, 2.24) is 4.90 Å². The van der Waals surface area contributed by atoms with Crippen molar-refractivity contribution in [1.29, 1.82) is 0 Å². The standard InChI is InChI=1S/C16H24N2/c1-3-18(4-2)15-9-14-17-13-8-12-16-10-6-5-7-11-16/h5-8,10-13H,3-4,9,14-15H2,1-2H3/b12-8+,17-13+. The number of benzene rings is 1. The summed E-state index contributed by atoms with van der Waals surface area (Å²) < 4.78 is 0. The summed E-state index contributed by atoms with van der Waals surface area (Å²) in [6.45, 7) is 8.73. The van der Waals surface area contributed by atoms with Gasteiger partial charge in [-0.05, 0) is 37.7 Å². The Kier molecular flexibility index (Phi) is 7.82. The summed E-state index contributed by atoms with van der Waals surface area (Å²) in [5.41, 5.74) is 1.21. The molecular formula is C16H24N2. The van der Waals surface area contributed by atoms with E-state index in [1.165, 1.54) is 5.56 Å². The average Bonchev–Trinajstić information content (AvgIpc) is 2.43. The van der Waals surface area contributed by atoms with Crippen LogP contribution in [0.25, 0.3) is 6.08 Å². The molecule has 98 valence electrons. The zero-order valence-corrected chi connectivity index (χ0v) is 11.5. The highest BCUT2D eigenvalue weighted by molar-refractivity contribution is 5.78. The molecule has 1 rings (SSSR count). The van der Waals surface area contributed by atoms with Gasteiger partial charge >= 0.3 is 0 Å². The second-order valence-electron chi connectivity index (χ2n) is 4.21. The zero-order chi connectivity index (χ0) is 13.1. The van der Waals surface area contributed by atoms with E-state index in [2.05, 4.69) is 41.9 Å². The number of nitrogens with zero attached hydrogens (tertiary/aromatic N) is 2.